The number of carbonyl (C=O) groups is 2. The molecule has 0 saturated heterocycles. The summed E-state index contributed by atoms with van der Waals surface area (Å²) in [6, 6.07) is 0. The van der Waals surface area contributed by atoms with E-state index in [4.69, 9.17) is 14.2 Å². The van der Waals surface area contributed by atoms with Crippen LogP contribution in [0.3, 0.4) is 0 Å². The van der Waals surface area contributed by atoms with Gasteiger partial charge in [-0.3, -0.25) is 19.6 Å². The van der Waals surface area contributed by atoms with Gasteiger partial charge in [-0.1, -0.05) is 52.8 Å². The van der Waals surface area contributed by atoms with Gasteiger partial charge in [0, 0.05) is 56.5 Å². The lowest BCUT2D eigenvalue weighted by atomic mass is 9.74. The molecular formula is C40H54N4O10. The smallest absolute Gasteiger partial charge is 0.312 e. The molecule has 54 heavy (non-hydrogen) atoms. The third kappa shape index (κ3) is 7.82. The molecule has 5 bridgehead atoms. The fourth-order valence-electron chi connectivity index (χ4n) is 7.04. The zero-order valence-electron chi connectivity index (χ0n) is 32.8. The average molecular weight is 751 g/mol. The van der Waals surface area contributed by atoms with E-state index < -0.39 is 64.9 Å². The number of ether oxygens (including phenoxy) is 3. The quantitative estimate of drug-likeness (QED) is 0.0770. The molecule has 9 atom stereocenters. The number of phenols is 3. The number of nitrogens with zero attached hydrogens (tertiary/aromatic N) is 3. The van der Waals surface area contributed by atoms with E-state index >= 15 is 0 Å². The van der Waals surface area contributed by atoms with E-state index in [2.05, 4.69) is 15.4 Å². The summed E-state index contributed by atoms with van der Waals surface area (Å²) in [7, 11) is 4.64. The number of phenolic OH excluding ortho intramolecular Hbond substituents is 3. The Hall–Kier alpha value is -4.92. The number of methoxy groups -OCH3 is 1. The molecule has 2 aromatic carbocycles. The molecule has 14 heteroatoms. The molecule has 0 aliphatic carbocycles. The molecule has 2 aromatic rings. The third-order valence-electron chi connectivity index (χ3n) is 11.0. The standard InChI is InChI=1S/C40H54N4O10/c1-19-13-12-14-20(2)39(51)43-31-26(17-42-44(10)18-41-9)35(48)28-29(36(31)49)34(47)25(7)37-30(28)38(50)40(8,54-37)53-16-15-27(52-11)22(4)21(3)23(5)33(46)24(6)32(19)45/h12-19,21-24,27,32-33,45-49H,1-11H3,(H,43,51)/b13-12+,16-15+,20-14-,41-18?,42-17-/t19-,21+,22-,23-,24+,27-,32-,33-,40-/m0/s1. The zero-order chi connectivity index (χ0) is 40.4. The minimum Gasteiger partial charge on any atom is -0.507 e. The van der Waals surface area contributed by atoms with Crippen LogP contribution >= 0.6 is 0 Å². The van der Waals surface area contributed by atoms with Gasteiger partial charge in [0.2, 0.25) is 0 Å². The predicted molar refractivity (Wildman–Crippen MR) is 207 cm³/mol. The number of hydrogen-bond donors (Lipinski definition) is 6. The highest BCUT2D eigenvalue weighted by Crippen LogP contribution is 2.55. The van der Waals surface area contributed by atoms with Crippen molar-refractivity contribution in [3.05, 3.63) is 52.8 Å². The summed E-state index contributed by atoms with van der Waals surface area (Å²) in [4.78, 5) is 31.7. The maximum Gasteiger partial charge on any atom is 0.312 e. The van der Waals surface area contributed by atoms with Crippen molar-refractivity contribution in [2.45, 2.75) is 79.5 Å². The molecule has 3 aliphatic rings. The number of amides is 1. The number of ketones is 1. The van der Waals surface area contributed by atoms with Crippen molar-refractivity contribution in [3.8, 4) is 23.0 Å². The number of fused-ring (bicyclic) bond motifs is 14. The van der Waals surface area contributed by atoms with Gasteiger partial charge in [0.25, 0.3) is 11.7 Å². The molecule has 6 N–H and O–H groups in total. The van der Waals surface area contributed by atoms with Gasteiger partial charge < -0.3 is 45.1 Å². The van der Waals surface area contributed by atoms with Crippen molar-refractivity contribution in [1.82, 2.24) is 5.01 Å². The second kappa shape index (κ2) is 16.6. The number of hydrazone groups is 1. The lowest BCUT2D eigenvalue weighted by molar-refractivity contribution is -0.112. The molecule has 5 rings (SSSR count). The third-order valence-corrected chi connectivity index (χ3v) is 11.0. The molecule has 0 saturated carbocycles. The van der Waals surface area contributed by atoms with Crippen LogP contribution in [-0.2, 0) is 14.3 Å². The number of rotatable bonds is 4. The Kier molecular flexibility index (Phi) is 12.9. The van der Waals surface area contributed by atoms with Crippen LogP contribution < -0.4 is 10.1 Å². The number of aliphatic hydroxyl groups excluding tert-OH is 2. The van der Waals surface area contributed by atoms with E-state index in [1.165, 1.54) is 64.8 Å². The summed E-state index contributed by atoms with van der Waals surface area (Å²) < 4.78 is 17.8. The van der Waals surface area contributed by atoms with Gasteiger partial charge in [-0.2, -0.15) is 5.10 Å². The highest BCUT2D eigenvalue weighted by atomic mass is 16.7. The summed E-state index contributed by atoms with van der Waals surface area (Å²) >= 11 is 0. The summed E-state index contributed by atoms with van der Waals surface area (Å²) in [6.07, 6.45) is 8.05. The van der Waals surface area contributed by atoms with Crippen molar-refractivity contribution >= 4 is 40.7 Å². The Morgan fingerprint density at radius 1 is 0.926 bits per heavy atom. The molecule has 3 heterocycles. The molecule has 3 aliphatic heterocycles. The highest BCUT2D eigenvalue weighted by Gasteiger charge is 2.49. The van der Waals surface area contributed by atoms with E-state index in [9.17, 15) is 35.1 Å². The summed E-state index contributed by atoms with van der Waals surface area (Å²) in [5.74, 6) is -6.56. The normalized spacial score (nSPS) is 32.1. The number of Topliss-reactive ketones (excluding diaryl/α,β-unsaturated/α-hetero) is 1. The first-order valence-electron chi connectivity index (χ1n) is 17.9. The second-order valence-corrected chi connectivity index (χ2v) is 14.6. The Morgan fingerprint density at radius 3 is 2.22 bits per heavy atom. The Bertz CT molecular complexity index is 1920. The highest BCUT2D eigenvalue weighted by molar-refractivity contribution is 6.23. The first-order chi connectivity index (χ1) is 25.3. The van der Waals surface area contributed by atoms with Crippen LogP contribution in [0.2, 0.25) is 0 Å². The monoisotopic (exact) mass is 750 g/mol. The van der Waals surface area contributed by atoms with Crippen LogP contribution in [0.1, 0.15) is 70.0 Å². The molecule has 1 amide bonds. The van der Waals surface area contributed by atoms with E-state index in [0.717, 1.165) is 0 Å². The zero-order valence-corrected chi connectivity index (χ0v) is 32.8. The van der Waals surface area contributed by atoms with Gasteiger partial charge in [0.1, 0.15) is 23.6 Å². The summed E-state index contributed by atoms with van der Waals surface area (Å²) in [6.45, 7) is 13.9. The summed E-state index contributed by atoms with van der Waals surface area (Å²) in [5.41, 5.74) is -0.361. The maximum absolute atomic E-state index is 14.3. The predicted octanol–water partition coefficient (Wildman–Crippen LogP) is 5.38. The number of allylic oxidation sites excluding steroid dienone is 2. The van der Waals surface area contributed by atoms with Crippen LogP contribution in [0.5, 0.6) is 23.0 Å². The van der Waals surface area contributed by atoms with E-state index in [1.807, 2.05) is 27.7 Å². The van der Waals surface area contributed by atoms with Crippen molar-refractivity contribution in [2.24, 2.45) is 39.7 Å². The first-order valence-corrected chi connectivity index (χ1v) is 17.9. The number of aliphatic imine (C=N–C) groups is 1. The molecular weight excluding hydrogens is 696 g/mol. The number of hydrogen-bond acceptors (Lipinski definition) is 12. The molecule has 0 radical (unpaired) electrons. The van der Waals surface area contributed by atoms with Crippen molar-refractivity contribution in [2.75, 3.05) is 26.5 Å². The summed E-state index contributed by atoms with van der Waals surface area (Å²) in [5, 5.41) is 65.3. The van der Waals surface area contributed by atoms with Crippen molar-refractivity contribution in [3.63, 3.8) is 0 Å². The average Bonchev–Trinajstić information content (AvgIpc) is 3.40. The number of carbonyl (C=O) groups excluding carboxylic acids is 2. The van der Waals surface area contributed by atoms with Crippen LogP contribution in [0.15, 0.2) is 46.2 Å². The fourth-order valence-corrected chi connectivity index (χ4v) is 7.04. The Morgan fingerprint density at radius 2 is 1.59 bits per heavy atom. The maximum atomic E-state index is 14.3. The number of aliphatic hydroxyl groups is 2. The lowest BCUT2D eigenvalue weighted by Gasteiger charge is -2.37. The second-order valence-electron chi connectivity index (χ2n) is 14.6. The van der Waals surface area contributed by atoms with Crippen molar-refractivity contribution in [1.29, 1.82) is 0 Å². The molecule has 0 aromatic heterocycles. The molecule has 0 unspecified atom stereocenters. The van der Waals surface area contributed by atoms with Crippen LogP contribution in [0.4, 0.5) is 5.69 Å². The fraction of sp³-hybridized carbons (Fsp3) is 0.500. The van der Waals surface area contributed by atoms with Gasteiger partial charge in [-0.15, -0.1) is 0 Å². The van der Waals surface area contributed by atoms with Crippen LogP contribution in [0, 0.1) is 36.5 Å². The van der Waals surface area contributed by atoms with E-state index in [1.54, 1.807) is 32.2 Å². The molecule has 294 valence electrons. The number of benzene rings is 2. The van der Waals surface area contributed by atoms with Gasteiger partial charge in [-0.05, 0) is 37.7 Å². The van der Waals surface area contributed by atoms with E-state index in [0.29, 0.717) is 0 Å². The number of anilines is 1. The molecule has 14 nitrogen and oxygen atoms in total. The van der Waals surface area contributed by atoms with Gasteiger partial charge in [-0.25, -0.2) is 0 Å². The number of aromatic hydroxyl groups is 3. The topological polar surface area (TPSA) is 203 Å². The van der Waals surface area contributed by atoms with Gasteiger partial charge in [0.15, 0.2) is 5.75 Å². The lowest BCUT2D eigenvalue weighted by Crippen LogP contribution is -2.41. The number of nitrogens with one attached hydrogen (secondary N) is 1. The minimum atomic E-state index is -1.96. The largest absolute Gasteiger partial charge is 0.507 e. The Balaban J connectivity index is 1.98. The Labute approximate surface area is 316 Å². The van der Waals surface area contributed by atoms with Gasteiger partial charge >= 0.3 is 5.79 Å². The van der Waals surface area contributed by atoms with Crippen LogP contribution in [-0.4, -0.2) is 100 Å². The van der Waals surface area contributed by atoms with Crippen molar-refractivity contribution < 1.29 is 49.3 Å². The van der Waals surface area contributed by atoms with E-state index in [-0.39, 0.29) is 62.2 Å². The van der Waals surface area contributed by atoms with Crippen LogP contribution in [0.25, 0.3) is 10.8 Å². The van der Waals surface area contributed by atoms with Gasteiger partial charge in [0.05, 0.1) is 53.0 Å². The molecule has 0 spiro atoms. The molecule has 0 fully saturated rings. The minimum absolute atomic E-state index is 0.0692. The first kappa shape index (κ1) is 41.8. The SMILES string of the molecule is CN=CN(C)/N=C\c1c2c(O)c3c(O)c(C)c4c(c3c1O)C(=O)[C@@](C)(O/C=C/[C@H](OC)[C@@H](C)[C@@H](C)[C@H](C)[C@H](O)[C@H](C)[C@@H](O)[C@@H](C)/C=C/C=C(/C)C(=O)N2)O4.